The maximum absolute atomic E-state index is 4.18. The first kappa shape index (κ1) is 7.79. The molecule has 0 bridgehead atoms. The van der Waals surface area contributed by atoms with Gasteiger partial charge in [-0.1, -0.05) is 0 Å². The predicted octanol–water partition coefficient (Wildman–Crippen LogP) is 1.41. The van der Waals surface area contributed by atoms with Crippen LogP contribution < -0.4 is 0 Å². The van der Waals surface area contributed by atoms with Gasteiger partial charge in [-0.15, -0.1) is 0 Å². The van der Waals surface area contributed by atoms with Crippen molar-refractivity contribution in [3.8, 4) is 0 Å². The van der Waals surface area contributed by atoms with Crippen LogP contribution in [0.25, 0.3) is 0 Å². The standard InChI is InChI=1S/C10H12N4/c1-14-6-7(5-12-14)8-4-9(8)10-2-3-11-13-10/h2-3,5-6,8-9H,4H2,1H3,(H,11,13)/t8-,9+/m0/s1. The average Bonchev–Trinajstić information content (AvgIpc) is 2.66. The van der Waals surface area contributed by atoms with Crippen LogP contribution in [0.1, 0.15) is 29.5 Å². The highest BCUT2D eigenvalue weighted by Crippen LogP contribution is 2.53. The summed E-state index contributed by atoms with van der Waals surface area (Å²) >= 11 is 0. The minimum Gasteiger partial charge on any atom is -0.282 e. The number of aryl methyl sites for hydroxylation is 1. The highest BCUT2D eigenvalue weighted by molar-refractivity contribution is 5.29. The van der Waals surface area contributed by atoms with Crippen molar-refractivity contribution in [2.45, 2.75) is 18.3 Å². The minimum atomic E-state index is 0.627. The van der Waals surface area contributed by atoms with E-state index in [0.717, 1.165) is 0 Å². The molecule has 0 amide bonds. The van der Waals surface area contributed by atoms with E-state index >= 15 is 0 Å². The molecule has 0 radical (unpaired) electrons. The average molecular weight is 188 g/mol. The van der Waals surface area contributed by atoms with Crippen molar-refractivity contribution in [3.63, 3.8) is 0 Å². The van der Waals surface area contributed by atoms with E-state index in [-0.39, 0.29) is 0 Å². The summed E-state index contributed by atoms with van der Waals surface area (Å²) in [6.45, 7) is 0. The maximum Gasteiger partial charge on any atom is 0.0524 e. The van der Waals surface area contributed by atoms with Crippen molar-refractivity contribution < 1.29 is 0 Å². The summed E-state index contributed by atoms with van der Waals surface area (Å²) in [5.41, 5.74) is 2.59. The molecule has 2 aromatic rings. The largest absolute Gasteiger partial charge is 0.282 e. The van der Waals surface area contributed by atoms with Crippen LogP contribution in [0.5, 0.6) is 0 Å². The molecule has 1 aliphatic carbocycles. The molecule has 1 saturated carbocycles. The zero-order valence-electron chi connectivity index (χ0n) is 8.01. The van der Waals surface area contributed by atoms with Gasteiger partial charge in [-0.25, -0.2) is 0 Å². The number of aromatic amines is 1. The van der Waals surface area contributed by atoms with Crippen LogP contribution in [-0.2, 0) is 7.05 Å². The lowest BCUT2D eigenvalue weighted by Crippen LogP contribution is -1.85. The van der Waals surface area contributed by atoms with Crippen LogP contribution in [0.2, 0.25) is 0 Å². The molecule has 1 fully saturated rings. The Morgan fingerprint density at radius 2 is 2.43 bits per heavy atom. The van der Waals surface area contributed by atoms with Crippen LogP contribution in [0, 0.1) is 0 Å². The van der Waals surface area contributed by atoms with E-state index in [2.05, 4.69) is 27.6 Å². The van der Waals surface area contributed by atoms with Gasteiger partial charge in [0.1, 0.15) is 0 Å². The van der Waals surface area contributed by atoms with Gasteiger partial charge in [-0.05, 0) is 24.0 Å². The Kier molecular flexibility index (Phi) is 1.50. The Balaban J connectivity index is 1.80. The molecule has 3 rings (SSSR count). The fraction of sp³-hybridized carbons (Fsp3) is 0.400. The van der Waals surface area contributed by atoms with E-state index in [1.807, 2.05) is 24.1 Å². The first-order valence-corrected chi connectivity index (χ1v) is 4.82. The normalized spacial score (nSPS) is 25.2. The fourth-order valence-electron chi connectivity index (χ4n) is 2.01. The zero-order valence-corrected chi connectivity index (χ0v) is 8.01. The SMILES string of the molecule is Cn1cc([C@@H]2C[C@H]2c2ccn[nH]2)cn1. The molecule has 2 heterocycles. The number of nitrogens with one attached hydrogen (secondary N) is 1. The van der Waals surface area contributed by atoms with E-state index in [1.165, 1.54) is 17.7 Å². The topological polar surface area (TPSA) is 46.5 Å². The van der Waals surface area contributed by atoms with Crippen molar-refractivity contribution in [3.05, 3.63) is 35.9 Å². The second-order valence-corrected chi connectivity index (χ2v) is 3.91. The molecule has 0 saturated heterocycles. The van der Waals surface area contributed by atoms with Crippen molar-refractivity contribution >= 4 is 0 Å². The van der Waals surface area contributed by atoms with Gasteiger partial charge in [-0.3, -0.25) is 9.78 Å². The van der Waals surface area contributed by atoms with E-state index in [4.69, 9.17) is 0 Å². The summed E-state index contributed by atoms with van der Waals surface area (Å²) < 4.78 is 1.86. The van der Waals surface area contributed by atoms with Crippen molar-refractivity contribution in [1.29, 1.82) is 0 Å². The third-order valence-electron chi connectivity index (χ3n) is 2.87. The minimum absolute atomic E-state index is 0.627. The lowest BCUT2D eigenvalue weighted by Gasteiger charge is -1.92. The number of nitrogens with zero attached hydrogens (tertiary/aromatic N) is 3. The zero-order chi connectivity index (χ0) is 9.54. The molecule has 4 nitrogen and oxygen atoms in total. The lowest BCUT2D eigenvalue weighted by atomic mass is 10.1. The van der Waals surface area contributed by atoms with Gasteiger partial charge < -0.3 is 0 Å². The molecule has 72 valence electrons. The summed E-state index contributed by atoms with van der Waals surface area (Å²) in [5, 5.41) is 11.2. The molecule has 0 unspecified atom stereocenters. The van der Waals surface area contributed by atoms with Crippen LogP contribution in [-0.4, -0.2) is 20.0 Å². The van der Waals surface area contributed by atoms with E-state index in [1.54, 1.807) is 0 Å². The molecule has 2 aromatic heterocycles. The van der Waals surface area contributed by atoms with E-state index < -0.39 is 0 Å². The highest BCUT2D eigenvalue weighted by atomic mass is 15.2. The summed E-state index contributed by atoms with van der Waals surface area (Å²) in [7, 11) is 1.96. The summed E-state index contributed by atoms with van der Waals surface area (Å²) in [4.78, 5) is 0. The van der Waals surface area contributed by atoms with Crippen LogP contribution in [0.4, 0.5) is 0 Å². The second kappa shape index (κ2) is 2.70. The van der Waals surface area contributed by atoms with Gasteiger partial charge in [0.15, 0.2) is 0 Å². The number of hydrogen-bond acceptors (Lipinski definition) is 2. The van der Waals surface area contributed by atoms with Gasteiger partial charge in [0, 0.05) is 31.1 Å². The number of aromatic nitrogens is 4. The monoisotopic (exact) mass is 188 g/mol. The first-order valence-electron chi connectivity index (χ1n) is 4.82. The Labute approximate surface area is 81.9 Å². The van der Waals surface area contributed by atoms with Crippen LogP contribution in [0.15, 0.2) is 24.7 Å². The fourth-order valence-corrected chi connectivity index (χ4v) is 2.01. The third-order valence-corrected chi connectivity index (χ3v) is 2.87. The smallest absolute Gasteiger partial charge is 0.0524 e. The third kappa shape index (κ3) is 1.14. The van der Waals surface area contributed by atoms with Gasteiger partial charge in [0.05, 0.1) is 6.20 Å². The summed E-state index contributed by atoms with van der Waals surface area (Å²) in [6.07, 6.45) is 7.09. The Hall–Kier alpha value is -1.58. The molecule has 2 atom stereocenters. The van der Waals surface area contributed by atoms with Crippen molar-refractivity contribution in [2.75, 3.05) is 0 Å². The Morgan fingerprint density at radius 3 is 3.07 bits per heavy atom. The number of H-pyrrole nitrogens is 1. The van der Waals surface area contributed by atoms with Gasteiger partial charge in [0.2, 0.25) is 0 Å². The predicted molar refractivity (Wildman–Crippen MR) is 51.9 cm³/mol. The van der Waals surface area contributed by atoms with Crippen LogP contribution >= 0.6 is 0 Å². The first-order chi connectivity index (χ1) is 6.84. The number of hydrogen-bond donors (Lipinski definition) is 1. The Bertz CT molecular complexity index is 429. The van der Waals surface area contributed by atoms with Gasteiger partial charge in [-0.2, -0.15) is 10.2 Å². The second-order valence-electron chi connectivity index (χ2n) is 3.91. The molecule has 14 heavy (non-hydrogen) atoms. The molecule has 4 heteroatoms. The highest BCUT2D eigenvalue weighted by Gasteiger charge is 2.41. The van der Waals surface area contributed by atoms with E-state index in [9.17, 15) is 0 Å². The molecule has 0 aliphatic heterocycles. The number of rotatable bonds is 2. The van der Waals surface area contributed by atoms with Crippen molar-refractivity contribution in [2.24, 2.45) is 7.05 Å². The molecular weight excluding hydrogens is 176 g/mol. The molecule has 1 aliphatic rings. The molecule has 0 spiro atoms. The van der Waals surface area contributed by atoms with Crippen LogP contribution in [0.3, 0.4) is 0 Å². The Morgan fingerprint density at radius 1 is 1.50 bits per heavy atom. The van der Waals surface area contributed by atoms with Crippen molar-refractivity contribution in [1.82, 2.24) is 20.0 Å². The maximum atomic E-state index is 4.18. The van der Waals surface area contributed by atoms with Gasteiger partial charge >= 0.3 is 0 Å². The summed E-state index contributed by atoms with van der Waals surface area (Å²) in [5.74, 6) is 1.27. The molecule has 1 N–H and O–H groups in total. The lowest BCUT2D eigenvalue weighted by molar-refractivity contribution is 0.766. The molecular formula is C10H12N4. The quantitative estimate of drug-likeness (QED) is 0.774. The summed E-state index contributed by atoms with van der Waals surface area (Å²) in [6, 6.07) is 2.06. The molecule has 0 aromatic carbocycles. The van der Waals surface area contributed by atoms with Gasteiger partial charge in [0.25, 0.3) is 0 Å². The van der Waals surface area contributed by atoms with E-state index in [0.29, 0.717) is 11.8 Å².